The van der Waals surface area contributed by atoms with Gasteiger partial charge in [-0.15, -0.1) is 0 Å². The number of rotatable bonds is 4. The quantitative estimate of drug-likeness (QED) is 0.293. The zero-order chi connectivity index (χ0) is 14.5. The van der Waals surface area contributed by atoms with Gasteiger partial charge in [0.25, 0.3) is 5.69 Å². The van der Waals surface area contributed by atoms with E-state index in [1.165, 1.54) is 23.9 Å². The maximum Gasteiger partial charge on any atom is 0.298 e. The molecule has 2 rings (SSSR count). The van der Waals surface area contributed by atoms with E-state index in [0.717, 1.165) is 4.90 Å². The third-order valence-corrected chi connectivity index (χ3v) is 3.31. The summed E-state index contributed by atoms with van der Waals surface area (Å²) in [6.07, 6.45) is 0. The van der Waals surface area contributed by atoms with Crippen LogP contribution in [0.3, 0.4) is 0 Å². The van der Waals surface area contributed by atoms with Gasteiger partial charge in [-0.3, -0.25) is 10.1 Å². The van der Waals surface area contributed by atoms with Crippen LogP contribution in [0.2, 0.25) is 0 Å². The fourth-order valence-corrected chi connectivity index (χ4v) is 2.29. The molecule has 0 unspecified atom stereocenters. The van der Waals surface area contributed by atoms with Crippen molar-refractivity contribution < 1.29 is 10.1 Å². The third kappa shape index (κ3) is 3.04. The molecule has 0 aliphatic carbocycles. The van der Waals surface area contributed by atoms with Crippen LogP contribution in [0.25, 0.3) is 0 Å². The van der Waals surface area contributed by atoms with Crippen LogP contribution < -0.4 is 5.73 Å². The lowest BCUT2D eigenvalue weighted by Crippen LogP contribution is -2.17. The second kappa shape index (κ2) is 6.02. The Hall–Kier alpha value is -2.61. The Morgan fingerprint density at radius 2 is 2.00 bits per heavy atom. The minimum Gasteiger partial charge on any atom is -0.409 e. The monoisotopic (exact) mass is 290 g/mol. The van der Waals surface area contributed by atoms with E-state index in [2.05, 4.69) is 10.1 Å². The van der Waals surface area contributed by atoms with Crippen molar-refractivity contribution in [2.45, 2.75) is 9.92 Å². The number of hydrogen-bond acceptors (Lipinski definition) is 6. The van der Waals surface area contributed by atoms with Crippen LogP contribution in [-0.4, -0.2) is 21.0 Å². The van der Waals surface area contributed by atoms with E-state index in [1.807, 2.05) is 30.3 Å². The van der Waals surface area contributed by atoms with Gasteiger partial charge in [-0.25, -0.2) is 4.98 Å². The van der Waals surface area contributed by atoms with Gasteiger partial charge in [-0.05, 0) is 18.2 Å². The number of hydrogen-bond donors (Lipinski definition) is 2. The van der Waals surface area contributed by atoms with Gasteiger partial charge in [0, 0.05) is 11.0 Å². The molecule has 0 radical (unpaired) electrons. The molecular formula is C12H10N4O3S. The van der Waals surface area contributed by atoms with E-state index < -0.39 is 10.8 Å². The topological polar surface area (TPSA) is 115 Å². The molecule has 1 heterocycles. The molecule has 3 N–H and O–H groups in total. The van der Waals surface area contributed by atoms with E-state index in [4.69, 9.17) is 10.9 Å². The van der Waals surface area contributed by atoms with Gasteiger partial charge < -0.3 is 10.9 Å². The van der Waals surface area contributed by atoms with Crippen LogP contribution in [0, 0.1) is 10.1 Å². The van der Waals surface area contributed by atoms with Crippen LogP contribution in [0.4, 0.5) is 5.69 Å². The van der Waals surface area contributed by atoms with E-state index in [-0.39, 0.29) is 11.4 Å². The van der Waals surface area contributed by atoms with Crippen LogP contribution in [0.15, 0.2) is 57.5 Å². The van der Waals surface area contributed by atoms with Crippen molar-refractivity contribution in [3.05, 3.63) is 58.3 Å². The van der Waals surface area contributed by atoms with Gasteiger partial charge in [0.1, 0.15) is 5.03 Å². The zero-order valence-electron chi connectivity index (χ0n) is 10.1. The summed E-state index contributed by atoms with van der Waals surface area (Å²) in [5.41, 5.74) is 4.96. The van der Waals surface area contributed by atoms with Crippen LogP contribution >= 0.6 is 11.8 Å². The molecule has 0 spiro atoms. The molecule has 0 aliphatic heterocycles. The molecule has 1 aromatic heterocycles. The van der Waals surface area contributed by atoms with Crippen molar-refractivity contribution in [2.75, 3.05) is 0 Å². The Kier molecular flexibility index (Phi) is 4.16. The minimum absolute atomic E-state index is 0.154. The van der Waals surface area contributed by atoms with Crippen LogP contribution in [0.5, 0.6) is 0 Å². The first kappa shape index (κ1) is 13.8. The molecule has 0 fully saturated rings. The van der Waals surface area contributed by atoms with Gasteiger partial charge in [0.15, 0.2) is 11.5 Å². The summed E-state index contributed by atoms with van der Waals surface area (Å²) in [4.78, 5) is 15.2. The molecule has 8 heteroatoms. The number of aromatic nitrogens is 1. The largest absolute Gasteiger partial charge is 0.409 e. The maximum atomic E-state index is 10.9. The molecule has 0 bridgehead atoms. The smallest absolute Gasteiger partial charge is 0.298 e. The summed E-state index contributed by atoms with van der Waals surface area (Å²) in [5, 5.41) is 22.8. The standard InChI is InChI=1S/C12H10N4O3S/c13-12(15-17)11-9(16(18)19)6-7-10(14-11)20-8-4-2-1-3-5-8/h1-7,17H,(H2,13,15). The number of pyridine rings is 1. The van der Waals surface area contributed by atoms with Crippen molar-refractivity contribution in [1.82, 2.24) is 4.98 Å². The van der Waals surface area contributed by atoms with Crippen molar-refractivity contribution in [3.63, 3.8) is 0 Å². The van der Waals surface area contributed by atoms with Gasteiger partial charge in [-0.2, -0.15) is 0 Å². The van der Waals surface area contributed by atoms with Gasteiger partial charge in [0.05, 0.1) is 4.92 Å². The Morgan fingerprint density at radius 3 is 2.60 bits per heavy atom. The molecule has 0 saturated carbocycles. The summed E-state index contributed by atoms with van der Waals surface area (Å²) in [7, 11) is 0. The summed E-state index contributed by atoms with van der Waals surface area (Å²) in [6.45, 7) is 0. The predicted octanol–water partition coefficient (Wildman–Crippen LogP) is 2.24. The van der Waals surface area contributed by atoms with Crippen molar-refractivity contribution in [1.29, 1.82) is 0 Å². The minimum atomic E-state index is -0.628. The fraction of sp³-hybridized carbons (Fsp3) is 0. The Bertz CT molecular complexity index is 661. The molecule has 7 nitrogen and oxygen atoms in total. The maximum absolute atomic E-state index is 10.9. The number of benzene rings is 1. The Morgan fingerprint density at radius 1 is 1.30 bits per heavy atom. The van der Waals surface area contributed by atoms with E-state index in [9.17, 15) is 10.1 Å². The molecule has 0 saturated heterocycles. The second-order valence-corrected chi connectivity index (χ2v) is 4.77. The van der Waals surface area contributed by atoms with Gasteiger partial charge >= 0.3 is 0 Å². The fourth-order valence-electron chi connectivity index (χ4n) is 1.48. The predicted molar refractivity (Wildman–Crippen MR) is 74.0 cm³/mol. The zero-order valence-corrected chi connectivity index (χ0v) is 10.9. The molecule has 102 valence electrons. The number of nitro groups is 1. The van der Waals surface area contributed by atoms with Crippen molar-refractivity contribution in [3.8, 4) is 0 Å². The molecule has 1 aromatic carbocycles. The summed E-state index contributed by atoms with van der Waals surface area (Å²) >= 11 is 1.32. The summed E-state index contributed by atoms with van der Waals surface area (Å²) in [6, 6.07) is 12.2. The Balaban J connectivity index is 2.40. The first-order valence-electron chi connectivity index (χ1n) is 5.48. The van der Waals surface area contributed by atoms with Crippen molar-refractivity contribution in [2.24, 2.45) is 10.9 Å². The highest BCUT2D eigenvalue weighted by molar-refractivity contribution is 7.99. The molecular weight excluding hydrogens is 280 g/mol. The highest BCUT2D eigenvalue weighted by Gasteiger charge is 2.19. The molecule has 2 aromatic rings. The molecule has 0 atom stereocenters. The van der Waals surface area contributed by atoms with Gasteiger partial charge in [-0.1, -0.05) is 35.1 Å². The number of nitrogens with zero attached hydrogens (tertiary/aromatic N) is 3. The normalized spacial score (nSPS) is 11.3. The number of amidine groups is 1. The van der Waals surface area contributed by atoms with Crippen LogP contribution in [-0.2, 0) is 0 Å². The second-order valence-electron chi connectivity index (χ2n) is 3.67. The Labute approximate surface area is 118 Å². The SMILES string of the molecule is N/C(=N/O)c1nc(Sc2ccccc2)ccc1[N+](=O)[O-]. The average Bonchev–Trinajstić information content (AvgIpc) is 2.47. The summed E-state index contributed by atoms with van der Waals surface area (Å²) < 4.78 is 0. The number of nitrogens with two attached hydrogens (primary N) is 1. The highest BCUT2D eigenvalue weighted by atomic mass is 32.2. The highest BCUT2D eigenvalue weighted by Crippen LogP contribution is 2.28. The van der Waals surface area contributed by atoms with Crippen LogP contribution in [0.1, 0.15) is 5.69 Å². The lowest BCUT2D eigenvalue weighted by Gasteiger charge is -2.04. The lowest BCUT2D eigenvalue weighted by atomic mass is 10.3. The van der Waals surface area contributed by atoms with E-state index in [0.29, 0.717) is 5.03 Å². The summed E-state index contributed by atoms with van der Waals surface area (Å²) in [5.74, 6) is -0.396. The third-order valence-electron chi connectivity index (χ3n) is 2.36. The first-order chi connectivity index (χ1) is 9.61. The molecule has 20 heavy (non-hydrogen) atoms. The average molecular weight is 290 g/mol. The van der Waals surface area contributed by atoms with Gasteiger partial charge in [0.2, 0.25) is 0 Å². The van der Waals surface area contributed by atoms with Crippen molar-refractivity contribution >= 4 is 23.3 Å². The molecule has 0 aliphatic rings. The number of oxime groups is 1. The molecule has 0 amide bonds. The van der Waals surface area contributed by atoms with E-state index in [1.54, 1.807) is 0 Å². The van der Waals surface area contributed by atoms with E-state index >= 15 is 0 Å². The first-order valence-corrected chi connectivity index (χ1v) is 6.29. The lowest BCUT2D eigenvalue weighted by molar-refractivity contribution is -0.385.